The lowest BCUT2D eigenvalue weighted by Gasteiger charge is -2.18. The molecule has 0 aliphatic heterocycles. The van der Waals surface area contributed by atoms with Crippen molar-refractivity contribution in [3.05, 3.63) is 52.7 Å². The lowest BCUT2D eigenvalue weighted by atomic mass is 9.89. The smallest absolute Gasteiger partial charge is 0.330 e. The Morgan fingerprint density at radius 2 is 2.15 bits per heavy atom. The Morgan fingerprint density at radius 1 is 1.40 bits per heavy atom. The minimum atomic E-state index is -0.793. The highest BCUT2D eigenvalue weighted by Crippen LogP contribution is 2.45. The first-order valence-electron chi connectivity index (χ1n) is 6.74. The molecule has 1 aromatic carbocycles. The summed E-state index contributed by atoms with van der Waals surface area (Å²) in [7, 11) is 0. The average Bonchev–Trinajstić information content (AvgIpc) is 3.18. The van der Waals surface area contributed by atoms with Gasteiger partial charge in [0.1, 0.15) is 0 Å². The minimum Gasteiger partial charge on any atom is -0.481 e. The lowest BCUT2D eigenvalue weighted by molar-refractivity contribution is -0.137. The number of carbonyl (C=O) groups is 1. The maximum absolute atomic E-state index is 11.8. The van der Waals surface area contributed by atoms with Crippen LogP contribution in [0.1, 0.15) is 30.7 Å². The van der Waals surface area contributed by atoms with Gasteiger partial charge in [-0.15, -0.1) is 0 Å². The third kappa shape index (κ3) is 2.39. The number of nitrogens with one attached hydrogen (secondary N) is 1. The molecule has 2 aromatic rings. The summed E-state index contributed by atoms with van der Waals surface area (Å²) in [6.07, 6.45) is 5.50. The highest BCUT2D eigenvalue weighted by molar-refractivity contribution is 5.68. The standard InChI is InChI=1S/C15H16N2O3/c18-14(19)9-12(10-5-6-10)11-3-1-2-4-13(11)17-8-7-16-15(17)20/h1-4,7-8,10,12H,5-6,9H2,(H,16,20)(H,18,19). The van der Waals surface area contributed by atoms with Crippen molar-refractivity contribution in [3.63, 3.8) is 0 Å². The molecule has 0 spiro atoms. The van der Waals surface area contributed by atoms with Crippen LogP contribution in [-0.2, 0) is 4.79 Å². The zero-order chi connectivity index (χ0) is 14.1. The van der Waals surface area contributed by atoms with Crippen molar-refractivity contribution in [2.75, 3.05) is 0 Å². The highest BCUT2D eigenvalue weighted by Gasteiger charge is 2.35. The molecule has 0 bridgehead atoms. The van der Waals surface area contributed by atoms with Crippen molar-refractivity contribution >= 4 is 5.97 Å². The van der Waals surface area contributed by atoms with Gasteiger partial charge in [0.05, 0.1) is 12.1 Å². The fourth-order valence-electron chi connectivity index (χ4n) is 2.75. The number of H-pyrrole nitrogens is 1. The van der Waals surface area contributed by atoms with Crippen LogP contribution in [0.5, 0.6) is 0 Å². The molecule has 20 heavy (non-hydrogen) atoms. The van der Waals surface area contributed by atoms with Gasteiger partial charge < -0.3 is 10.1 Å². The second kappa shape index (κ2) is 5.00. The molecule has 5 heteroatoms. The number of nitrogens with zero attached hydrogens (tertiary/aromatic N) is 1. The number of hydrogen-bond acceptors (Lipinski definition) is 2. The Hall–Kier alpha value is -2.30. The molecule has 1 aliphatic carbocycles. The summed E-state index contributed by atoms with van der Waals surface area (Å²) in [4.78, 5) is 25.5. The third-order valence-corrected chi connectivity index (χ3v) is 3.83. The average molecular weight is 272 g/mol. The summed E-state index contributed by atoms with van der Waals surface area (Å²) in [5, 5.41) is 9.12. The van der Waals surface area contributed by atoms with Crippen molar-refractivity contribution in [2.45, 2.75) is 25.2 Å². The van der Waals surface area contributed by atoms with Gasteiger partial charge in [-0.2, -0.15) is 0 Å². The predicted molar refractivity (Wildman–Crippen MR) is 74.1 cm³/mol. The highest BCUT2D eigenvalue weighted by atomic mass is 16.4. The zero-order valence-corrected chi connectivity index (χ0v) is 11.0. The van der Waals surface area contributed by atoms with Crippen LogP contribution in [0.4, 0.5) is 0 Å². The van der Waals surface area contributed by atoms with Gasteiger partial charge in [-0.25, -0.2) is 4.79 Å². The maximum atomic E-state index is 11.8. The zero-order valence-electron chi connectivity index (χ0n) is 11.0. The summed E-state index contributed by atoms with van der Waals surface area (Å²) >= 11 is 0. The van der Waals surface area contributed by atoms with E-state index in [-0.39, 0.29) is 18.0 Å². The lowest BCUT2D eigenvalue weighted by Crippen LogP contribution is -2.18. The molecule has 5 nitrogen and oxygen atoms in total. The van der Waals surface area contributed by atoms with E-state index in [0.29, 0.717) is 5.92 Å². The Morgan fingerprint density at radius 3 is 2.75 bits per heavy atom. The quantitative estimate of drug-likeness (QED) is 0.875. The molecule has 0 amide bonds. The van der Waals surface area contributed by atoms with E-state index < -0.39 is 5.97 Å². The van der Waals surface area contributed by atoms with Gasteiger partial charge >= 0.3 is 11.7 Å². The van der Waals surface area contributed by atoms with Gasteiger partial charge in [-0.05, 0) is 36.3 Å². The van der Waals surface area contributed by atoms with Crippen LogP contribution < -0.4 is 5.69 Å². The van der Waals surface area contributed by atoms with Gasteiger partial charge in [0, 0.05) is 12.4 Å². The Labute approximate surface area is 115 Å². The van der Waals surface area contributed by atoms with Crippen LogP contribution in [0.3, 0.4) is 0 Å². The van der Waals surface area contributed by atoms with E-state index >= 15 is 0 Å². The molecule has 0 saturated heterocycles. The molecule has 1 saturated carbocycles. The summed E-state index contributed by atoms with van der Waals surface area (Å²) in [5.74, 6) is -0.398. The number of imidazole rings is 1. The minimum absolute atomic E-state index is 0.0227. The van der Waals surface area contributed by atoms with E-state index in [1.54, 1.807) is 12.4 Å². The normalized spacial score (nSPS) is 16.0. The first kappa shape index (κ1) is 12.7. The summed E-state index contributed by atoms with van der Waals surface area (Å²) in [6.45, 7) is 0. The van der Waals surface area contributed by atoms with Crippen LogP contribution in [-0.4, -0.2) is 20.6 Å². The summed E-state index contributed by atoms with van der Waals surface area (Å²) in [6, 6.07) is 7.55. The second-order valence-electron chi connectivity index (χ2n) is 5.24. The first-order chi connectivity index (χ1) is 9.66. The van der Waals surface area contributed by atoms with E-state index in [4.69, 9.17) is 5.11 Å². The molecular formula is C15H16N2O3. The number of hydrogen-bond donors (Lipinski definition) is 2. The van der Waals surface area contributed by atoms with Crippen LogP contribution in [0.15, 0.2) is 41.5 Å². The number of benzene rings is 1. The molecule has 104 valence electrons. The largest absolute Gasteiger partial charge is 0.481 e. The first-order valence-corrected chi connectivity index (χ1v) is 6.74. The molecule has 1 atom stereocenters. The van der Waals surface area contributed by atoms with Gasteiger partial charge in [0.25, 0.3) is 0 Å². The van der Waals surface area contributed by atoms with Gasteiger partial charge in [-0.1, -0.05) is 18.2 Å². The topological polar surface area (TPSA) is 75.1 Å². The van der Waals surface area contributed by atoms with Crippen molar-refractivity contribution in [3.8, 4) is 5.69 Å². The number of para-hydroxylation sites is 1. The van der Waals surface area contributed by atoms with Crippen LogP contribution in [0, 0.1) is 5.92 Å². The fourth-order valence-corrected chi connectivity index (χ4v) is 2.75. The van der Waals surface area contributed by atoms with Gasteiger partial charge in [0.2, 0.25) is 0 Å². The summed E-state index contributed by atoms with van der Waals surface area (Å²) < 4.78 is 1.53. The number of aromatic nitrogens is 2. The van der Waals surface area contributed by atoms with E-state index in [0.717, 1.165) is 24.1 Å². The van der Waals surface area contributed by atoms with Crippen molar-refractivity contribution in [1.82, 2.24) is 9.55 Å². The Balaban J connectivity index is 2.06. The second-order valence-corrected chi connectivity index (χ2v) is 5.24. The van der Waals surface area contributed by atoms with Crippen molar-refractivity contribution < 1.29 is 9.90 Å². The van der Waals surface area contributed by atoms with E-state index in [9.17, 15) is 9.59 Å². The molecule has 2 N–H and O–H groups in total. The molecule has 1 unspecified atom stereocenters. The predicted octanol–water partition coefficient (Wildman–Crippen LogP) is 2.13. The van der Waals surface area contributed by atoms with Gasteiger partial charge in [-0.3, -0.25) is 9.36 Å². The molecule has 1 aromatic heterocycles. The molecule has 1 aliphatic rings. The van der Waals surface area contributed by atoms with Crippen molar-refractivity contribution in [1.29, 1.82) is 0 Å². The van der Waals surface area contributed by atoms with Gasteiger partial charge in [0.15, 0.2) is 0 Å². The van der Waals surface area contributed by atoms with Crippen LogP contribution in [0.2, 0.25) is 0 Å². The Kier molecular flexibility index (Phi) is 3.18. The monoisotopic (exact) mass is 272 g/mol. The van der Waals surface area contributed by atoms with E-state index in [1.165, 1.54) is 4.57 Å². The third-order valence-electron chi connectivity index (χ3n) is 3.83. The fraction of sp³-hybridized carbons (Fsp3) is 0.333. The molecular weight excluding hydrogens is 256 g/mol. The number of rotatable bonds is 5. The van der Waals surface area contributed by atoms with Crippen molar-refractivity contribution in [2.24, 2.45) is 5.92 Å². The number of carboxylic acid groups (broad SMARTS) is 1. The Bertz CT molecular complexity index is 682. The molecule has 0 radical (unpaired) electrons. The number of aromatic amines is 1. The van der Waals surface area contributed by atoms with E-state index in [1.807, 2.05) is 24.3 Å². The molecule has 1 fully saturated rings. The van der Waals surface area contributed by atoms with E-state index in [2.05, 4.69) is 4.98 Å². The summed E-state index contributed by atoms with van der Waals surface area (Å²) in [5.41, 5.74) is 1.51. The maximum Gasteiger partial charge on any atom is 0.330 e. The molecule has 3 rings (SSSR count). The van der Waals surface area contributed by atoms with Crippen LogP contribution >= 0.6 is 0 Å². The molecule has 1 heterocycles. The number of carboxylic acids is 1. The number of aliphatic carboxylic acids is 1. The van der Waals surface area contributed by atoms with Crippen LogP contribution in [0.25, 0.3) is 5.69 Å². The SMILES string of the molecule is O=C(O)CC(c1ccccc1-n1cc[nH]c1=O)C1CC1.